The van der Waals surface area contributed by atoms with E-state index in [4.69, 9.17) is 16.3 Å². The van der Waals surface area contributed by atoms with Crippen LogP contribution in [-0.2, 0) is 4.79 Å². The Hall–Kier alpha value is -2.14. The summed E-state index contributed by atoms with van der Waals surface area (Å²) in [5.41, 5.74) is 0.373. The number of nitrogens with one attached hydrogen (secondary N) is 1. The second kappa shape index (κ2) is 7.22. The molecule has 1 amide bonds. The third kappa shape index (κ3) is 4.18. The van der Waals surface area contributed by atoms with E-state index in [1.54, 1.807) is 6.92 Å². The van der Waals surface area contributed by atoms with Gasteiger partial charge in [0.25, 0.3) is 5.91 Å². The van der Waals surface area contributed by atoms with Gasteiger partial charge in [0.05, 0.1) is 5.02 Å². The molecule has 0 aliphatic carbocycles. The van der Waals surface area contributed by atoms with Crippen LogP contribution in [-0.4, -0.2) is 12.0 Å². The zero-order valence-corrected chi connectivity index (χ0v) is 12.5. The van der Waals surface area contributed by atoms with Crippen molar-refractivity contribution in [2.75, 3.05) is 5.32 Å². The molecule has 22 heavy (non-hydrogen) atoms. The first-order chi connectivity index (χ1) is 10.5. The Morgan fingerprint density at radius 1 is 1.23 bits per heavy atom. The van der Waals surface area contributed by atoms with E-state index in [0.717, 1.165) is 0 Å². The minimum absolute atomic E-state index is 0.0784. The zero-order valence-electron chi connectivity index (χ0n) is 11.8. The maximum Gasteiger partial charge on any atom is 0.265 e. The Bertz CT molecular complexity index is 662. The van der Waals surface area contributed by atoms with Crippen LogP contribution in [0, 0.1) is 11.6 Å². The number of anilines is 1. The fourth-order valence-electron chi connectivity index (χ4n) is 1.80. The van der Waals surface area contributed by atoms with Gasteiger partial charge in [0, 0.05) is 5.69 Å². The molecule has 2 aromatic carbocycles. The van der Waals surface area contributed by atoms with Gasteiger partial charge in [-0.05, 0) is 48.9 Å². The molecule has 1 atom stereocenters. The molecule has 0 heterocycles. The molecule has 0 radical (unpaired) electrons. The van der Waals surface area contributed by atoms with Gasteiger partial charge in [-0.25, -0.2) is 8.78 Å². The number of benzene rings is 2. The molecule has 0 spiro atoms. The molecule has 0 saturated heterocycles. The third-order valence-corrected chi connectivity index (χ3v) is 3.23. The van der Waals surface area contributed by atoms with E-state index in [1.807, 2.05) is 0 Å². The van der Waals surface area contributed by atoms with Gasteiger partial charge < -0.3 is 10.1 Å². The van der Waals surface area contributed by atoms with E-state index in [-0.39, 0.29) is 10.8 Å². The SMILES string of the molecule is CCC(Oc1ccc(F)cc1)C(=O)Nc1ccc(F)c(Cl)c1. The van der Waals surface area contributed by atoms with Gasteiger partial charge in [-0.1, -0.05) is 18.5 Å². The molecule has 1 N–H and O–H groups in total. The summed E-state index contributed by atoms with van der Waals surface area (Å²) in [5, 5.41) is 2.53. The lowest BCUT2D eigenvalue weighted by atomic mass is 10.2. The van der Waals surface area contributed by atoms with Crippen molar-refractivity contribution in [1.29, 1.82) is 0 Å². The highest BCUT2D eigenvalue weighted by atomic mass is 35.5. The topological polar surface area (TPSA) is 38.3 Å². The summed E-state index contributed by atoms with van der Waals surface area (Å²) >= 11 is 5.66. The van der Waals surface area contributed by atoms with E-state index in [1.165, 1.54) is 42.5 Å². The van der Waals surface area contributed by atoms with E-state index < -0.39 is 17.8 Å². The quantitative estimate of drug-likeness (QED) is 0.884. The highest BCUT2D eigenvalue weighted by Crippen LogP contribution is 2.20. The molecule has 6 heteroatoms. The van der Waals surface area contributed by atoms with Gasteiger partial charge in [0.2, 0.25) is 0 Å². The first kappa shape index (κ1) is 16.2. The molecule has 0 fully saturated rings. The number of carbonyl (C=O) groups excluding carboxylic acids is 1. The van der Waals surface area contributed by atoms with Crippen LogP contribution in [0.1, 0.15) is 13.3 Å². The Balaban J connectivity index is 2.04. The van der Waals surface area contributed by atoms with Crippen LogP contribution in [0.3, 0.4) is 0 Å². The van der Waals surface area contributed by atoms with Gasteiger partial charge >= 0.3 is 0 Å². The molecule has 0 bridgehead atoms. The summed E-state index contributed by atoms with van der Waals surface area (Å²) in [4.78, 5) is 12.2. The van der Waals surface area contributed by atoms with Crippen LogP contribution >= 0.6 is 11.6 Å². The summed E-state index contributed by atoms with van der Waals surface area (Å²) in [5.74, 6) is -0.949. The molecule has 1 unspecified atom stereocenters. The van der Waals surface area contributed by atoms with Crippen LogP contribution in [0.25, 0.3) is 0 Å². The monoisotopic (exact) mass is 325 g/mol. The van der Waals surface area contributed by atoms with Gasteiger partial charge in [0.1, 0.15) is 17.4 Å². The predicted octanol–water partition coefficient (Wildman–Crippen LogP) is 4.41. The molecule has 116 valence electrons. The minimum Gasteiger partial charge on any atom is -0.481 e. The van der Waals surface area contributed by atoms with Gasteiger partial charge in [-0.3, -0.25) is 4.79 Å². The number of ether oxygens (including phenoxy) is 1. The highest BCUT2D eigenvalue weighted by molar-refractivity contribution is 6.31. The first-order valence-electron chi connectivity index (χ1n) is 6.67. The first-order valence-corrected chi connectivity index (χ1v) is 7.05. The normalized spacial score (nSPS) is 11.8. The van der Waals surface area contributed by atoms with Crippen molar-refractivity contribution in [3.63, 3.8) is 0 Å². The highest BCUT2D eigenvalue weighted by Gasteiger charge is 2.19. The second-order valence-electron chi connectivity index (χ2n) is 4.59. The fourth-order valence-corrected chi connectivity index (χ4v) is 1.98. The lowest BCUT2D eigenvalue weighted by Crippen LogP contribution is -2.32. The number of hydrogen-bond acceptors (Lipinski definition) is 2. The van der Waals surface area contributed by atoms with Crippen molar-refractivity contribution < 1.29 is 18.3 Å². The van der Waals surface area contributed by atoms with Crippen LogP contribution in [0.5, 0.6) is 5.75 Å². The largest absolute Gasteiger partial charge is 0.481 e. The van der Waals surface area contributed by atoms with Crippen LogP contribution in [0.4, 0.5) is 14.5 Å². The Labute approximate surface area is 131 Å². The predicted molar refractivity (Wildman–Crippen MR) is 81.1 cm³/mol. The molecule has 3 nitrogen and oxygen atoms in total. The zero-order chi connectivity index (χ0) is 16.1. The van der Waals surface area contributed by atoms with Crippen molar-refractivity contribution >= 4 is 23.2 Å². The van der Waals surface area contributed by atoms with Crippen molar-refractivity contribution in [1.82, 2.24) is 0 Å². The van der Waals surface area contributed by atoms with E-state index in [0.29, 0.717) is 17.9 Å². The molecule has 2 rings (SSSR count). The van der Waals surface area contributed by atoms with Crippen molar-refractivity contribution in [3.05, 3.63) is 59.1 Å². The minimum atomic E-state index is -0.755. The Kier molecular flexibility index (Phi) is 5.33. The van der Waals surface area contributed by atoms with Crippen LogP contribution < -0.4 is 10.1 Å². The van der Waals surface area contributed by atoms with Crippen molar-refractivity contribution in [3.8, 4) is 5.75 Å². The van der Waals surface area contributed by atoms with Gasteiger partial charge in [-0.15, -0.1) is 0 Å². The molecule has 2 aromatic rings. The summed E-state index contributed by atoms with van der Waals surface area (Å²) in [6.45, 7) is 1.78. The molecule has 0 aliphatic heterocycles. The number of halogens is 3. The molecule has 0 aliphatic rings. The van der Waals surface area contributed by atoms with Crippen molar-refractivity contribution in [2.24, 2.45) is 0 Å². The lowest BCUT2D eigenvalue weighted by molar-refractivity contribution is -0.122. The van der Waals surface area contributed by atoms with Gasteiger partial charge in [0.15, 0.2) is 6.10 Å². The number of hydrogen-bond donors (Lipinski definition) is 1. The standard InChI is InChI=1S/C16H14ClF2NO2/c1-2-15(22-12-6-3-10(18)4-7-12)16(21)20-11-5-8-14(19)13(17)9-11/h3-9,15H,2H2,1H3,(H,20,21). The number of carbonyl (C=O) groups is 1. The van der Waals surface area contributed by atoms with E-state index in [2.05, 4.69) is 5.32 Å². The van der Waals surface area contributed by atoms with Gasteiger partial charge in [-0.2, -0.15) is 0 Å². The van der Waals surface area contributed by atoms with Crippen LogP contribution in [0.15, 0.2) is 42.5 Å². The van der Waals surface area contributed by atoms with E-state index in [9.17, 15) is 13.6 Å². The van der Waals surface area contributed by atoms with Crippen LogP contribution in [0.2, 0.25) is 5.02 Å². The number of rotatable bonds is 5. The summed E-state index contributed by atoms with van der Waals surface area (Å²) in [6.07, 6.45) is -0.340. The Morgan fingerprint density at radius 3 is 2.50 bits per heavy atom. The smallest absolute Gasteiger partial charge is 0.265 e. The fraction of sp³-hybridized carbons (Fsp3) is 0.188. The molecular weight excluding hydrogens is 312 g/mol. The summed E-state index contributed by atoms with van der Waals surface area (Å²) in [7, 11) is 0. The average Bonchev–Trinajstić information content (AvgIpc) is 2.50. The summed E-state index contributed by atoms with van der Waals surface area (Å²) in [6, 6.07) is 9.28. The average molecular weight is 326 g/mol. The maximum atomic E-state index is 13.1. The molecule has 0 saturated carbocycles. The second-order valence-corrected chi connectivity index (χ2v) is 4.99. The van der Waals surface area contributed by atoms with E-state index >= 15 is 0 Å². The third-order valence-electron chi connectivity index (χ3n) is 2.94. The lowest BCUT2D eigenvalue weighted by Gasteiger charge is -2.17. The van der Waals surface area contributed by atoms with Crippen molar-refractivity contribution in [2.45, 2.75) is 19.4 Å². The molecule has 0 aromatic heterocycles. The molecular formula is C16H14ClF2NO2. The Morgan fingerprint density at radius 2 is 1.91 bits per heavy atom. The maximum absolute atomic E-state index is 13.1. The number of amides is 1. The summed E-state index contributed by atoms with van der Waals surface area (Å²) < 4.78 is 31.4.